The van der Waals surface area contributed by atoms with Crippen molar-refractivity contribution in [3.63, 3.8) is 0 Å². The van der Waals surface area contributed by atoms with E-state index < -0.39 is 0 Å². The van der Waals surface area contributed by atoms with Gasteiger partial charge in [0.2, 0.25) is 5.91 Å². The zero-order valence-corrected chi connectivity index (χ0v) is 17.9. The smallest absolute Gasteiger partial charge is 0.234 e. The van der Waals surface area contributed by atoms with Crippen LogP contribution in [0.4, 0.5) is 5.69 Å². The highest BCUT2D eigenvalue weighted by Gasteiger charge is 2.17. The van der Waals surface area contributed by atoms with Gasteiger partial charge in [-0.25, -0.2) is 9.97 Å². The van der Waals surface area contributed by atoms with Crippen molar-refractivity contribution >= 4 is 39.9 Å². The van der Waals surface area contributed by atoms with E-state index in [1.807, 2.05) is 44.2 Å². The van der Waals surface area contributed by atoms with E-state index >= 15 is 0 Å². The van der Waals surface area contributed by atoms with Gasteiger partial charge in [0.1, 0.15) is 5.82 Å². The molecule has 0 bridgehead atoms. The van der Waals surface area contributed by atoms with Crippen LogP contribution < -0.4 is 14.8 Å². The fourth-order valence-corrected chi connectivity index (χ4v) is 3.88. The average molecular weight is 423 g/mol. The third kappa shape index (κ3) is 3.76. The van der Waals surface area contributed by atoms with E-state index in [-0.39, 0.29) is 11.7 Å². The van der Waals surface area contributed by atoms with E-state index in [9.17, 15) is 4.79 Å². The van der Waals surface area contributed by atoms with Crippen LogP contribution in [0.3, 0.4) is 0 Å². The predicted octanol–water partition coefficient (Wildman–Crippen LogP) is 3.64. The van der Waals surface area contributed by atoms with Crippen molar-refractivity contribution in [3.05, 3.63) is 47.8 Å². The second-order valence-electron chi connectivity index (χ2n) is 6.66. The van der Waals surface area contributed by atoms with Crippen molar-refractivity contribution < 1.29 is 14.3 Å². The Morgan fingerprint density at radius 2 is 1.83 bits per heavy atom. The number of carbonyl (C=O) groups excluding carboxylic acids is 1. The number of amides is 1. The fraction of sp³-hybridized carbons (Fsp3) is 0.238. The van der Waals surface area contributed by atoms with Crippen molar-refractivity contribution in [1.82, 2.24) is 19.6 Å². The molecule has 4 rings (SSSR count). The number of methoxy groups -OCH3 is 2. The SMILES string of the molecule is COc1cc2nc(SCC(=O)Nc3ccccc3C)n3nc(C)nc3c2cc1OC. The van der Waals surface area contributed by atoms with Gasteiger partial charge in [-0.1, -0.05) is 30.0 Å². The molecule has 0 atom stereocenters. The molecule has 0 aliphatic carbocycles. The molecule has 0 saturated heterocycles. The van der Waals surface area contributed by atoms with E-state index in [1.165, 1.54) is 11.8 Å². The van der Waals surface area contributed by atoms with Gasteiger partial charge in [0, 0.05) is 17.1 Å². The molecule has 2 aromatic carbocycles. The van der Waals surface area contributed by atoms with E-state index in [0.29, 0.717) is 33.6 Å². The van der Waals surface area contributed by atoms with Gasteiger partial charge in [0.15, 0.2) is 22.3 Å². The summed E-state index contributed by atoms with van der Waals surface area (Å²) in [5.74, 6) is 1.85. The van der Waals surface area contributed by atoms with Crippen LogP contribution in [-0.2, 0) is 4.79 Å². The third-order valence-electron chi connectivity index (χ3n) is 4.60. The van der Waals surface area contributed by atoms with E-state index in [4.69, 9.17) is 14.5 Å². The number of aromatic nitrogens is 4. The lowest BCUT2D eigenvalue weighted by atomic mass is 10.2. The van der Waals surface area contributed by atoms with Crippen LogP contribution in [0.25, 0.3) is 16.6 Å². The number of carbonyl (C=O) groups is 1. The molecule has 0 aliphatic rings. The van der Waals surface area contributed by atoms with Crippen LogP contribution in [-0.4, -0.2) is 45.5 Å². The number of benzene rings is 2. The molecule has 30 heavy (non-hydrogen) atoms. The third-order valence-corrected chi connectivity index (χ3v) is 5.53. The molecule has 0 unspecified atom stereocenters. The summed E-state index contributed by atoms with van der Waals surface area (Å²) in [4.78, 5) is 21.7. The van der Waals surface area contributed by atoms with Crippen molar-refractivity contribution in [3.8, 4) is 11.5 Å². The first-order valence-electron chi connectivity index (χ1n) is 9.27. The average Bonchev–Trinajstić information content (AvgIpc) is 3.14. The molecule has 0 fully saturated rings. The van der Waals surface area contributed by atoms with Gasteiger partial charge in [-0.3, -0.25) is 4.79 Å². The predicted molar refractivity (Wildman–Crippen MR) is 117 cm³/mol. The van der Waals surface area contributed by atoms with Crippen molar-refractivity contribution in [2.45, 2.75) is 19.0 Å². The number of fused-ring (bicyclic) bond motifs is 3. The van der Waals surface area contributed by atoms with Gasteiger partial charge in [-0.15, -0.1) is 5.10 Å². The Labute approximate surface area is 177 Å². The minimum atomic E-state index is -0.117. The highest BCUT2D eigenvalue weighted by molar-refractivity contribution is 7.99. The number of nitrogens with zero attached hydrogens (tertiary/aromatic N) is 4. The molecule has 0 spiro atoms. The Morgan fingerprint density at radius 3 is 2.57 bits per heavy atom. The summed E-state index contributed by atoms with van der Waals surface area (Å²) in [6.45, 7) is 3.77. The zero-order valence-electron chi connectivity index (χ0n) is 17.1. The first-order valence-corrected chi connectivity index (χ1v) is 10.3. The largest absolute Gasteiger partial charge is 0.493 e. The first-order chi connectivity index (χ1) is 14.5. The molecule has 0 aliphatic heterocycles. The van der Waals surface area contributed by atoms with Crippen LogP contribution in [0.15, 0.2) is 41.6 Å². The van der Waals surface area contributed by atoms with Gasteiger partial charge < -0.3 is 14.8 Å². The molecule has 9 heteroatoms. The number of aryl methyl sites for hydroxylation is 2. The van der Waals surface area contributed by atoms with E-state index in [0.717, 1.165) is 16.6 Å². The summed E-state index contributed by atoms with van der Waals surface area (Å²) in [6.07, 6.45) is 0. The van der Waals surface area contributed by atoms with E-state index in [1.54, 1.807) is 24.8 Å². The molecule has 4 aromatic rings. The number of thioether (sulfide) groups is 1. The minimum Gasteiger partial charge on any atom is -0.493 e. The number of nitrogens with one attached hydrogen (secondary N) is 1. The standard InChI is InChI=1S/C21H21N5O3S/c1-12-7-5-6-8-15(12)23-19(27)11-30-21-24-16-10-18(29-4)17(28-3)9-14(16)20-22-13(2)25-26(20)21/h5-10H,11H2,1-4H3,(H,23,27). The molecule has 154 valence electrons. The Hall–Kier alpha value is -3.33. The highest BCUT2D eigenvalue weighted by Crippen LogP contribution is 2.34. The molecular formula is C21H21N5O3S. The van der Waals surface area contributed by atoms with Crippen molar-refractivity contribution in [2.24, 2.45) is 0 Å². The Kier molecular flexibility index (Phi) is 5.45. The second kappa shape index (κ2) is 8.19. The normalized spacial score (nSPS) is 11.1. The fourth-order valence-electron chi connectivity index (χ4n) is 3.14. The highest BCUT2D eigenvalue weighted by atomic mass is 32.2. The molecule has 8 nitrogen and oxygen atoms in total. The summed E-state index contributed by atoms with van der Waals surface area (Å²) in [5.41, 5.74) is 3.15. The number of para-hydroxylation sites is 1. The number of ether oxygens (including phenoxy) is 2. The Bertz CT molecular complexity index is 1250. The topological polar surface area (TPSA) is 90.6 Å². The molecule has 0 saturated carbocycles. The van der Waals surface area contributed by atoms with Gasteiger partial charge in [-0.2, -0.15) is 4.52 Å². The lowest BCUT2D eigenvalue weighted by Gasteiger charge is -2.11. The van der Waals surface area contributed by atoms with Gasteiger partial charge in [-0.05, 0) is 31.5 Å². The number of hydrogen-bond acceptors (Lipinski definition) is 7. The zero-order chi connectivity index (χ0) is 21.3. The number of hydrogen-bond donors (Lipinski definition) is 1. The molecular weight excluding hydrogens is 402 g/mol. The summed E-state index contributed by atoms with van der Waals surface area (Å²) in [7, 11) is 3.16. The molecule has 2 heterocycles. The number of anilines is 1. The monoisotopic (exact) mass is 423 g/mol. The Morgan fingerprint density at radius 1 is 1.10 bits per heavy atom. The van der Waals surface area contributed by atoms with E-state index in [2.05, 4.69) is 15.4 Å². The van der Waals surface area contributed by atoms with Gasteiger partial charge >= 0.3 is 0 Å². The van der Waals surface area contributed by atoms with Crippen molar-refractivity contribution in [2.75, 3.05) is 25.3 Å². The number of rotatable bonds is 6. The maximum absolute atomic E-state index is 12.5. The molecule has 1 amide bonds. The lowest BCUT2D eigenvalue weighted by molar-refractivity contribution is -0.113. The summed E-state index contributed by atoms with van der Waals surface area (Å²) < 4.78 is 12.5. The van der Waals surface area contributed by atoms with Gasteiger partial charge in [0.25, 0.3) is 0 Å². The quantitative estimate of drug-likeness (QED) is 0.374. The minimum absolute atomic E-state index is 0.117. The van der Waals surface area contributed by atoms with Crippen LogP contribution in [0, 0.1) is 13.8 Å². The van der Waals surface area contributed by atoms with Gasteiger partial charge in [0.05, 0.1) is 25.5 Å². The Balaban J connectivity index is 1.67. The lowest BCUT2D eigenvalue weighted by Crippen LogP contribution is -2.15. The molecule has 2 aromatic heterocycles. The second-order valence-corrected chi connectivity index (χ2v) is 7.61. The molecule has 1 N–H and O–H groups in total. The maximum atomic E-state index is 12.5. The van der Waals surface area contributed by atoms with Crippen LogP contribution in [0.5, 0.6) is 11.5 Å². The van der Waals surface area contributed by atoms with Crippen molar-refractivity contribution in [1.29, 1.82) is 0 Å². The maximum Gasteiger partial charge on any atom is 0.234 e. The summed E-state index contributed by atoms with van der Waals surface area (Å²) in [6, 6.07) is 11.3. The van der Waals surface area contributed by atoms with Crippen LogP contribution in [0.1, 0.15) is 11.4 Å². The molecule has 0 radical (unpaired) electrons. The summed E-state index contributed by atoms with van der Waals surface area (Å²) >= 11 is 1.30. The van der Waals surface area contributed by atoms with Crippen LogP contribution in [0.2, 0.25) is 0 Å². The first kappa shape index (κ1) is 20.0. The summed E-state index contributed by atoms with van der Waals surface area (Å²) in [5, 5.41) is 8.76. The van der Waals surface area contributed by atoms with Crippen LogP contribution >= 0.6 is 11.8 Å².